The van der Waals surface area contributed by atoms with Gasteiger partial charge in [-0.3, -0.25) is 9.59 Å². The SMILES string of the molecule is Cc1ccc(S(=O)(=O)N(C)CC(=O)N(CCc2ccccc2)[C@@H](C)C(=O)NC2CCCCC2)cc1. The smallest absolute Gasteiger partial charge is 0.243 e. The second-order valence-electron chi connectivity index (χ2n) is 9.42. The predicted molar refractivity (Wildman–Crippen MR) is 137 cm³/mol. The Bertz CT molecular complexity index is 1080. The number of carbonyl (C=O) groups excluding carboxylic acids is 2. The van der Waals surface area contributed by atoms with Gasteiger partial charge >= 0.3 is 0 Å². The summed E-state index contributed by atoms with van der Waals surface area (Å²) in [4.78, 5) is 28.1. The molecule has 0 bridgehead atoms. The number of hydrogen-bond donors (Lipinski definition) is 1. The first kappa shape index (κ1) is 26.9. The summed E-state index contributed by atoms with van der Waals surface area (Å²) in [6.07, 6.45) is 5.85. The van der Waals surface area contributed by atoms with Crippen LogP contribution >= 0.6 is 0 Å². The second kappa shape index (κ2) is 12.3. The fourth-order valence-electron chi connectivity index (χ4n) is 4.40. The molecule has 1 N–H and O–H groups in total. The first-order chi connectivity index (χ1) is 16.7. The normalized spacial score (nSPS) is 15.5. The molecule has 0 aliphatic heterocycles. The van der Waals surface area contributed by atoms with E-state index in [0.717, 1.165) is 41.1 Å². The molecule has 8 heteroatoms. The number of hydrogen-bond acceptors (Lipinski definition) is 4. The number of likely N-dealkylation sites (N-methyl/N-ethyl adjacent to an activating group) is 1. The van der Waals surface area contributed by atoms with Crippen LogP contribution < -0.4 is 5.32 Å². The summed E-state index contributed by atoms with van der Waals surface area (Å²) >= 11 is 0. The molecule has 35 heavy (non-hydrogen) atoms. The van der Waals surface area contributed by atoms with Crippen molar-refractivity contribution in [3.63, 3.8) is 0 Å². The van der Waals surface area contributed by atoms with E-state index in [1.807, 2.05) is 37.3 Å². The Labute approximate surface area is 209 Å². The first-order valence-corrected chi connectivity index (χ1v) is 13.8. The van der Waals surface area contributed by atoms with Gasteiger partial charge in [0, 0.05) is 19.6 Å². The van der Waals surface area contributed by atoms with E-state index in [9.17, 15) is 18.0 Å². The molecular formula is C27H37N3O4S. The van der Waals surface area contributed by atoms with Gasteiger partial charge in [-0.15, -0.1) is 0 Å². The Morgan fingerprint density at radius 2 is 1.63 bits per heavy atom. The van der Waals surface area contributed by atoms with Crippen LogP contribution in [0.2, 0.25) is 0 Å². The molecule has 0 aromatic heterocycles. The first-order valence-electron chi connectivity index (χ1n) is 12.4. The zero-order valence-corrected chi connectivity index (χ0v) is 21.8. The summed E-state index contributed by atoms with van der Waals surface area (Å²) < 4.78 is 27.1. The van der Waals surface area contributed by atoms with Crippen LogP contribution in [-0.4, -0.2) is 61.7 Å². The number of nitrogens with zero attached hydrogens (tertiary/aromatic N) is 2. The molecule has 0 radical (unpaired) electrons. The third-order valence-electron chi connectivity index (χ3n) is 6.69. The maximum absolute atomic E-state index is 13.4. The monoisotopic (exact) mass is 499 g/mol. The van der Waals surface area contributed by atoms with Gasteiger partial charge in [-0.05, 0) is 50.8 Å². The topological polar surface area (TPSA) is 86.8 Å². The van der Waals surface area contributed by atoms with E-state index in [4.69, 9.17) is 0 Å². The highest BCUT2D eigenvalue weighted by atomic mass is 32.2. The molecule has 3 rings (SSSR count). The summed E-state index contributed by atoms with van der Waals surface area (Å²) in [6, 6.07) is 15.7. The summed E-state index contributed by atoms with van der Waals surface area (Å²) in [5.41, 5.74) is 2.00. The highest BCUT2D eigenvalue weighted by Crippen LogP contribution is 2.19. The lowest BCUT2D eigenvalue weighted by atomic mass is 9.95. The van der Waals surface area contributed by atoms with E-state index in [2.05, 4.69) is 5.32 Å². The number of aryl methyl sites for hydroxylation is 1. The van der Waals surface area contributed by atoms with Gasteiger partial charge in [-0.1, -0.05) is 67.3 Å². The second-order valence-corrected chi connectivity index (χ2v) is 11.5. The van der Waals surface area contributed by atoms with Gasteiger partial charge in [0.05, 0.1) is 11.4 Å². The van der Waals surface area contributed by atoms with Gasteiger partial charge in [0.15, 0.2) is 0 Å². The van der Waals surface area contributed by atoms with Crippen molar-refractivity contribution in [1.29, 1.82) is 0 Å². The van der Waals surface area contributed by atoms with E-state index in [0.29, 0.717) is 13.0 Å². The highest BCUT2D eigenvalue weighted by molar-refractivity contribution is 7.89. The average molecular weight is 500 g/mol. The maximum atomic E-state index is 13.4. The number of benzene rings is 2. The highest BCUT2D eigenvalue weighted by Gasteiger charge is 2.31. The Hall–Kier alpha value is -2.71. The largest absolute Gasteiger partial charge is 0.352 e. The Morgan fingerprint density at radius 1 is 1.00 bits per heavy atom. The molecule has 1 aliphatic rings. The Morgan fingerprint density at radius 3 is 2.26 bits per heavy atom. The lowest BCUT2D eigenvalue weighted by Crippen LogP contribution is -2.53. The lowest BCUT2D eigenvalue weighted by Gasteiger charge is -2.32. The zero-order chi connectivity index (χ0) is 25.4. The van der Waals surface area contributed by atoms with Crippen LogP contribution in [0.3, 0.4) is 0 Å². The van der Waals surface area contributed by atoms with Crippen molar-refractivity contribution in [3.05, 3.63) is 65.7 Å². The Kier molecular flexibility index (Phi) is 9.46. The minimum atomic E-state index is -3.83. The van der Waals surface area contributed by atoms with Crippen molar-refractivity contribution in [2.45, 2.75) is 69.4 Å². The molecule has 0 unspecified atom stereocenters. The molecule has 2 amide bonds. The van der Waals surface area contributed by atoms with Crippen molar-refractivity contribution in [2.75, 3.05) is 20.1 Å². The fourth-order valence-corrected chi connectivity index (χ4v) is 5.52. The van der Waals surface area contributed by atoms with Gasteiger partial charge in [0.2, 0.25) is 21.8 Å². The summed E-state index contributed by atoms with van der Waals surface area (Å²) in [7, 11) is -2.44. The number of nitrogens with one attached hydrogen (secondary N) is 1. The van der Waals surface area contributed by atoms with Gasteiger partial charge < -0.3 is 10.2 Å². The summed E-state index contributed by atoms with van der Waals surface area (Å²) in [5, 5.41) is 3.10. The number of amides is 2. The van der Waals surface area contributed by atoms with E-state index in [-0.39, 0.29) is 23.4 Å². The molecule has 1 fully saturated rings. The number of rotatable bonds is 10. The van der Waals surface area contributed by atoms with Gasteiger partial charge in [-0.25, -0.2) is 8.42 Å². The van der Waals surface area contributed by atoms with Crippen molar-refractivity contribution in [3.8, 4) is 0 Å². The molecular weight excluding hydrogens is 462 g/mol. The predicted octanol–water partition coefficient (Wildman–Crippen LogP) is 3.52. The van der Waals surface area contributed by atoms with Crippen molar-refractivity contribution in [2.24, 2.45) is 0 Å². The zero-order valence-electron chi connectivity index (χ0n) is 20.9. The molecule has 0 saturated heterocycles. The average Bonchev–Trinajstić information content (AvgIpc) is 2.85. The van der Waals surface area contributed by atoms with Crippen LogP contribution in [0.1, 0.15) is 50.2 Å². The molecule has 2 aromatic carbocycles. The lowest BCUT2D eigenvalue weighted by molar-refractivity contribution is -0.140. The van der Waals surface area contributed by atoms with E-state index < -0.39 is 22.0 Å². The van der Waals surface area contributed by atoms with Crippen molar-refractivity contribution >= 4 is 21.8 Å². The number of sulfonamides is 1. The third kappa shape index (κ3) is 7.39. The molecule has 0 spiro atoms. The quantitative estimate of drug-likeness (QED) is 0.542. The molecule has 7 nitrogen and oxygen atoms in total. The number of carbonyl (C=O) groups is 2. The minimum Gasteiger partial charge on any atom is -0.352 e. The molecule has 1 atom stereocenters. The maximum Gasteiger partial charge on any atom is 0.243 e. The van der Waals surface area contributed by atoms with Crippen LogP contribution in [0.5, 0.6) is 0 Å². The Balaban J connectivity index is 1.73. The fraction of sp³-hybridized carbons (Fsp3) is 0.481. The molecule has 0 heterocycles. The van der Waals surface area contributed by atoms with E-state index in [1.165, 1.54) is 18.4 Å². The summed E-state index contributed by atoms with van der Waals surface area (Å²) in [6.45, 7) is 3.58. The van der Waals surface area contributed by atoms with Gasteiger partial charge in [0.25, 0.3) is 0 Å². The minimum absolute atomic E-state index is 0.134. The van der Waals surface area contributed by atoms with Crippen molar-refractivity contribution < 1.29 is 18.0 Å². The van der Waals surface area contributed by atoms with Crippen LogP contribution in [-0.2, 0) is 26.0 Å². The third-order valence-corrected chi connectivity index (χ3v) is 8.51. The molecule has 2 aromatic rings. The molecule has 1 aliphatic carbocycles. The van der Waals surface area contributed by atoms with Crippen molar-refractivity contribution in [1.82, 2.24) is 14.5 Å². The standard InChI is InChI=1S/C27H37N3O4S/c1-21-14-16-25(17-15-21)35(33,34)29(3)20-26(31)30(19-18-23-10-6-4-7-11-23)22(2)27(32)28-24-12-8-5-9-13-24/h4,6-7,10-11,14-17,22,24H,5,8-9,12-13,18-20H2,1-3H3,(H,28,32)/t22-/m0/s1. The van der Waals surface area contributed by atoms with Crippen LogP contribution in [0, 0.1) is 6.92 Å². The molecule has 1 saturated carbocycles. The van der Waals surface area contributed by atoms with E-state index in [1.54, 1.807) is 31.2 Å². The van der Waals surface area contributed by atoms with E-state index >= 15 is 0 Å². The summed E-state index contributed by atoms with van der Waals surface area (Å²) in [5.74, 6) is -0.590. The van der Waals surface area contributed by atoms with Crippen LogP contribution in [0.15, 0.2) is 59.5 Å². The molecule has 190 valence electrons. The van der Waals surface area contributed by atoms with Crippen LogP contribution in [0.4, 0.5) is 0 Å². The van der Waals surface area contributed by atoms with Gasteiger partial charge in [0.1, 0.15) is 6.04 Å². The van der Waals surface area contributed by atoms with Gasteiger partial charge in [-0.2, -0.15) is 4.31 Å². The van der Waals surface area contributed by atoms with Crippen LogP contribution in [0.25, 0.3) is 0 Å².